The van der Waals surface area contributed by atoms with Gasteiger partial charge in [0.2, 0.25) is 0 Å². The van der Waals surface area contributed by atoms with E-state index in [2.05, 4.69) is 5.32 Å². The quantitative estimate of drug-likeness (QED) is 0.736. The minimum Gasteiger partial charge on any atom is -0.468 e. The average molecular weight is 302 g/mol. The minimum absolute atomic E-state index is 0.326. The molecule has 1 rings (SSSR count). The number of alkyl carbamates (subject to hydrolysis) is 1. The molecule has 1 heterocycles. The molecule has 0 unspecified atom stereocenters. The van der Waals surface area contributed by atoms with Gasteiger partial charge in [-0.1, -0.05) is 0 Å². The van der Waals surface area contributed by atoms with E-state index in [1.165, 1.54) is 7.11 Å². The van der Waals surface area contributed by atoms with Crippen LogP contribution < -0.4 is 5.32 Å². The SMILES string of the molecule is COC(=O)[C@@]1(C)C[C@H](O)CN1CCNC(=O)OC(C)(C)C. The summed E-state index contributed by atoms with van der Waals surface area (Å²) < 4.78 is 9.94. The predicted octanol–water partition coefficient (Wildman–Crippen LogP) is 0.509. The number of β-amino-alcohol motifs (C(OH)–C–C–N with tert-alkyl or cyclic N) is 1. The maximum atomic E-state index is 11.9. The molecule has 0 aromatic heterocycles. The Bertz CT molecular complexity index is 393. The third kappa shape index (κ3) is 4.86. The van der Waals surface area contributed by atoms with E-state index in [0.717, 1.165) is 0 Å². The van der Waals surface area contributed by atoms with Gasteiger partial charge in [0.1, 0.15) is 11.1 Å². The Balaban J connectivity index is 2.50. The van der Waals surface area contributed by atoms with E-state index in [4.69, 9.17) is 9.47 Å². The molecule has 2 atom stereocenters. The van der Waals surface area contributed by atoms with Crippen molar-refractivity contribution in [2.24, 2.45) is 0 Å². The van der Waals surface area contributed by atoms with Crippen molar-refractivity contribution in [3.05, 3.63) is 0 Å². The third-order valence-corrected chi connectivity index (χ3v) is 3.44. The Morgan fingerprint density at radius 3 is 2.57 bits per heavy atom. The van der Waals surface area contributed by atoms with Crippen LogP contribution in [-0.4, -0.2) is 66.1 Å². The monoisotopic (exact) mass is 302 g/mol. The lowest BCUT2D eigenvalue weighted by molar-refractivity contribution is -0.152. The Kier molecular flexibility index (Phi) is 5.58. The molecule has 0 aliphatic carbocycles. The van der Waals surface area contributed by atoms with Gasteiger partial charge in [0, 0.05) is 26.1 Å². The molecule has 1 aliphatic heterocycles. The molecule has 0 spiro atoms. The summed E-state index contributed by atoms with van der Waals surface area (Å²) in [6, 6.07) is 0. The summed E-state index contributed by atoms with van der Waals surface area (Å²) in [4.78, 5) is 25.3. The number of amides is 1. The highest BCUT2D eigenvalue weighted by molar-refractivity contribution is 5.80. The molecule has 1 amide bonds. The summed E-state index contributed by atoms with van der Waals surface area (Å²) in [5.74, 6) is -0.378. The first kappa shape index (κ1) is 17.7. The number of carbonyl (C=O) groups is 2. The molecule has 1 aliphatic rings. The number of hydrogen-bond donors (Lipinski definition) is 2. The second-order valence-corrected chi connectivity index (χ2v) is 6.50. The molecule has 0 saturated carbocycles. The van der Waals surface area contributed by atoms with Gasteiger partial charge in [0.15, 0.2) is 0 Å². The van der Waals surface area contributed by atoms with Crippen LogP contribution in [-0.2, 0) is 14.3 Å². The Morgan fingerprint density at radius 1 is 1.43 bits per heavy atom. The number of nitrogens with one attached hydrogen (secondary N) is 1. The van der Waals surface area contributed by atoms with E-state index in [1.54, 1.807) is 27.7 Å². The summed E-state index contributed by atoms with van der Waals surface area (Å²) in [7, 11) is 1.33. The van der Waals surface area contributed by atoms with Gasteiger partial charge in [-0.05, 0) is 27.7 Å². The first-order valence-corrected chi connectivity index (χ1v) is 7.07. The number of likely N-dealkylation sites (tertiary alicyclic amines) is 1. The van der Waals surface area contributed by atoms with Crippen molar-refractivity contribution in [2.45, 2.75) is 51.4 Å². The van der Waals surface area contributed by atoms with Gasteiger partial charge in [0.25, 0.3) is 0 Å². The fourth-order valence-corrected chi connectivity index (χ4v) is 2.49. The molecule has 1 saturated heterocycles. The molecular weight excluding hydrogens is 276 g/mol. The molecule has 2 N–H and O–H groups in total. The summed E-state index contributed by atoms with van der Waals surface area (Å²) in [6.07, 6.45) is -0.746. The summed E-state index contributed by atoms with van der Waals surface area (Å²) >= 11 is 0. The lowest BCUT2D eigenvalue weighted by Gasteiger charge is -2.32. The van der Waals surface area contributed by atoms with Crippen LogP contribution in [0.4, 0.5) is 4.79 Å². The summed E-state index contributed by atoms with van der Waals surface area (Å²) in [5, 5.41) is 12.4. The number of methoxy groups -OCH3 is 1. The Labute approximate surface area is 125 Å². The van der Waals surface area contributed by atoms with Crippen molar-refractivity contribution in [1.29, 1.82) is 0 Å². The molecule has 21 heavy (non-hydrogen) atoms. The number of rotatable bonds is 4. The zero-order chi connectivity index (χ0) is 16.3. The van der Waals surface area contributed by atoms with E-state index >= 15 is 0 Å². The van der Waals surface area contributed by atoms with Crippen LogP contribution >= 0.6 is 0 Å². The fraction of sp³-hybridized carbons (Fsp3) is 0.857. The molecule has 0 bridgehead atoms. The maximum Gasteiger partial charge on any atom is 0.407 e. The van der Waals surface area contributed by atoms with Crippen LogP contribution in [0.3, 0.4) is 0 Å². The topological polar surface area (TPSA) is 88.1 Å². The number of ether oxygens (including phenoxy) is 2. The number of aliphatic hydroxyl groups is 1. The fourth-order valence-electron chi connectivity index (χ4n) is 2.49. The van der Waals surface area contributed by atoms with Crippen molar-refractivity contribution >= 4 is 12.1 Å². The standard InChI is InChI=1S/C14H26N2O5/c1-13(2,3)21-12(19)15-6-7-16-9-10(17)8-14(16,4)11(18)20-5/h10,17H,6-9H2,1-5H3,(H,15,19)/t10-,14+/m0/s1. The molecule has 0 aromatic carbocycles. The minimum atomic E-state index is -0.857. The van der Waals surface area contributed by atoms with Crippen molar-refractivity contribution in [3.8, 4) is 0 Å². The lowest BCUT2D eigenvalue weighted by atomic mass is 9.98. The number of esters is 1. The molecule has 7 heteroatoms. The van der Waals surface area contributed by atoms with Gasteiger partial charge >= 0.3 is 12.1 Å². The van der Waals surface area contributed by atoms with Crippen LogP contribution in [0.2, 0.25) is 0 Å². The van der Waals surface area contributed by atoms with Gasteiger partial charge in [-0.25, -0.2) is 4.79 Å². The highest BCUT2D eigenvalue weighted by Gasteiger charge is 2.47. The summed E-state index contributed by atoms with van der Waals surface area (Å²) in [6.45, 7) is 8.24. The second-order valence-electron chi connectivity index (χ2n) is 6.50. The summed E-state index contributed by atoms with van der Waals surface area (Å²) in [5.41, 5.74) is -1.40. The van der Waals surface area contributed by atoms with Crippen molar-refractivity contribution < 1.29 is 24.2 Å². The third-order valence-electron chi connectivity index (χ3n) is 3.44. The van der Waals surface area contributed by atoms with Gasteiger partial charge in [0.05, 0.1) is 13.2 Å². The number of carbonyl (C=O) groups excluding carboxylic acids is 2. The maximum absolute atomic E-state index is 11.9. The van der Waals surface area contributed by atoms with Crippen LogP contribution in [0.5, 0.6) is 0 Å². The lowest BCUT2D eigenvalue weighted by Crippen LogP contribution is -2.51. The Hall–Kier alpha value is -1.34. The van der Waals surface area contributed by atoms with Gasteiger partial charge in [-0.2, -0.15) is 0 Å². The molecule has 0 aromatic rings. The van der Waals surface area contributed by atoms with Crippen LogP contribution in [0.25, 0.3) is 0 Å². The van der Waals surface area contributed by atoms with Gasteiger partial charge in [-0.3, -0.25) is 9.69 Å². The average Bonchev–Trinajstić information content (AvgIpc) is 2.62. The van der Waals surface area contributed by atoms with Crippen molar-refractivity contribution in [2.75, 3.05) is 26.7 Å². The molecule has 0 radical (unpaired) electrons. The van der Waals surface area contributed by atoms with Gasteiger partial charge in [-0.15, -0.1) is 0 Å². The van der Waals surface area contributed by atoms with E-state index in [-0.39, 0.29) is 5.97 Å². The van der Waals surface area contributed by atoms with Crippen molar-refractivity contribution in [1.82, 2.24) is 10.2 Å². The number of aliphatic hydroxyl groups excluding tert-OH is 1. The molecule has 7 nitrogen and oxygen atoms in total. The van der Waals surface area contributed by atoms with E-state index in [9.17, 15) is 14.7 Å². The number of hydrogen-bond acceptors (Lipinski definition) is 6. The smallest absolute Gasteiger partial charge is 0.407 e. The molecule has 1 fully saturated rings. The number of nitrogens with zero attached hydrogens (tertiary/aromatic N) is 1. The predicted molar refractivity (Wildman–Crippen MR) is 76.9 cm³/mol. The van der Waals surface area contributed by atoms with E-state index in [1.807, 2.05) is 4.90 Å². The first-order valence-electron chi connectivity index (χ1n) is 7.07. The van der Waals surface area contributed by atoms with Crippen LogP contribution in [0, 0.1) is 0 Å². The zero-order valence-electron chi connectivity index (χ0n) is 13.4. The zero-order valence-corrected chi connectivity index (χ0v) is 13.4. The van der Waals surface area contributed by atoms with E-state index in [0.29, 0.717) is 26.1 Å². The second kappa shape index (κ2) is 6.62. The van der Waals surface area contributed by atoms with Crippen LogP contribution in [0.15, 0.2) is 0 Å². The largest absolute Gasteiger partial charge is 0.468 e. The highest BCUT2D eigenvalue weighted by Crippen LogP contribution is 2.29. The normalized spacial score (nSPS) is 26.5. The highest BCUT2D eigenvalue weighted by atomic mass is 16.6. The van der Waals surface area contributed by atoms with E-state index < -0.39 is 23.3 Å². The first-order chi connectivity index (χ1) is 9.58. The molecular formula is C14H26N2O5. The molecule has 122 valence electrons. The van der Waals surface area contributed by atoms with Crippen LogP contribution in [0.1, 0.15) is 34.1 Å². The van der Waals surface area contributed by atoms with Crippen molar-refractivity contribution in [3.63, 3.8) is 0 Å². The Morgan fingerprint density at radius 2 is 2.05 bits per heavy atom. The van der Waals surface area contributed by atoms with Gasteiger partial charge < -0.3 is 19.9 Å².